The second-order valence-electron chi connectivity index (χ2n) is 10.8. The molecule has 0 saturated carbocycles. The zero-order chi connectivity index (χ0) is 28.7. The van der Waals surface area contributed by atoms with E-state index in [1.54, 1.807) is 12.1 Å². The summed E-state index contributed by atoms with van der Waals surface area (Å²) < 4.78 is 14.4. The normalized spacial score (nSPS) is 11.9. The summed E-state index contributed by atoms with van der Waals surface area (Å²) in [6.07, 6.45) is 0. The van der Waals surface area contributed by atoms with Gasteiger partial charge in [-0.3, -0.25) is 9.59 Å². The van der Waals surface area contributed by atoms with Crippen LogP contribution in [0.2, 0.25) is 0 Å². The maximum absolute atomic E-state index is 14.0. The van der Waals surface area contributed by atoms with Crippen molar-refractivity contribution in [3.63, 3.8) is 0 Å². The molecular formula is C38H21NO4. The van der Waals surface area contributed by atoms with Crippen molar-refractivity contribution in [1.29, 1.82) is 0 Å². The van der Waals surface area contributed by atoms with E-state index in [9.17, 15) is 9.59 Å². The van der Waals surface area contributed by atoms with Gasteiger partial charge in [-0.2, -0.15) is 0 Å². The lowest BCUT2D eigenvalue weighted by Crippen LogP contribution is -2.04. The van der Waals surface area contributed by atoms with E-state index in [0.29, 0.717) is 43.9 Å². The standard InChI is InChI=1S/C38H21NO4/c40-37-27-9-3-6-12-33(27)42-34-16-13-22(19-28(34)37)23-14-17-35-29(20-23)38(41)30-21-24(15-18-36(30)43-35)39-31-10-4-1-7-25(31)26-8-2-5-11-32(26)39/h1-21H. The summed E-state index contributed by atoms with van der Waals surface area (Å²) >= 11 is 0. The Balaban J connectivity index is 1.24. The van der Waals surface area contributed by atoms with Crippen LogP contribution in [0.5, 0.6) is 0 Å². The maximum atomic E-state index is 14.0. The molecule has 43 heavy (non-hydrogen) atoms. The Hall–Kier alpha value is -5.94. The molecule has 0 amide bonds. The number of hydrogen-bond donors (Lipinski definition) is 0. The van der Waals surface area contributed by atoms with Gasteiger partial charge in [0.05, 0.1) is 32.6 Å². The summed E-state index contributed by atoms with van der Waals surface area (Å²) in [4.78, 5) is 27.2. The Labute approximate surface area is 243 Å². The summed E-state index contributed by atoms with van der Waals surface area (Å²) in [5.74, 6) is 0. The molecule has 0 aliphatic rings. The zero-order valence-corrected chi connectivity index (χ0v) is 22.7. The number of aromatic nitrogens is 1. The van der Waals surface area contributed by atoms with Gasteiger partial charge in [0.1, 0.15) is 22.3 Å². The molecule has 0 fully saturated rings. The van der Waals surface area contributed by atoms with Gasteiger partial charge in [-0.1, -0.05) is 60.7 Å². The molecule has 5 heteroatoms. The minimum Gasteiger partial charge on any atom is -0.456 e. The predicted octanol–water partition coefficient (Wildman–Crippen LogP) is 8.97. The van der Waals surface area contributed by atoms with Crippen LogP contribution in [0.4, 0.5) is 0 Å². The first kappa shape index (κ1) is 23.7. The molecular weight excluding hydrogens is 534 g/mol. The molecule has 9 rings (SSSR count). The van der Waals surface area contributed by atoms with Crippen molar-refractivity contribution < 1.29 is 8.83 Å². The minimum atomic E-state index is -0.105. The summed E-state index contributed by atoms with van der Waals surface area (Å²) in [5, 5.41) is 4.34. The van der Waals surface area contributed by atoms with Crippen LogP contribution in [0.1, 0.15) is 0 Å². The third-order valence-corrected chi connectivity index (χ3v) is 8.40. The van der Waals surface area contributed by atoms with Gasteiger partial charge in [0.25, 0.3) is 0 Å². The van der Waals surface area contributed by atoms with Gasteiger partial charge in [-0.15, -0.1) is 0 Å². The summed E-state index contributed by atoms with van der Waals surface area (Å²) in [7, 11) is 0. The van der Waals surface area contributed by atoms with Crippen molar-refractivity contribution in [2.45, 2.75) is 0 Å². The number of rotatable bonds is 2. The highest BCUT2D eigenvalue weighted by Gasteiger charge is 2.15. The molecule has 0 bridgehead atoms. The second kappa shape index (κ2) is 8.78. The third-order valence-electron chi connectivity index (χ3n) is 8.40. The van der Waals surface area contributed by atoms with Crippen LogP contribution >= 0.6 is 0 Å². The molecule has 5 nitrogen and oxygen atoms in total. The van der Waals surface area contributed by atoms with Crippen molar-refractivity contribution in [3.05, 3.63) is 148 Å². The van der Waals surface area contributed by atoms with Gasteiger partial charge >= 0.3 is 0 Å². The maximum Gasteiger partial charge on any atom is 0.200 e. The molecule has 0 saturated heterocycles. The lowest BCUT2D eigenvalue weighted by Gasteiger charge is -2.10. The molecule has 0 N–H and O–H groups in total. The van der Waals surface area contributed by atoms with Crippen molar-refractivity contribution in [2.24, 2.45) is 0 Å². The van der Waals surface area contributed by atoms with Gasteiger partial charge in [-0.05, 0) is 77.9 Å². The SMILES string of the molecule is O=c1c2ccccc2oc2ccc(-c3ccc4oc5ccc(-n6c7ccccc7c7ccccc76)cc5c(=O)c4c3)cc12. The fourth-order valence-electron chi connectivity index (χ4n) is 6.35. The molecule has 0 spiro atoms. The first-order valence-corrected chi connectivity index (χ1v) is 14.1. The van der Waals surface area contributed by atoms with Crippen molar-refractivity contribution >= 4 is 65.7 Å². The summed E-state index contributed by atoms with van der Waals surface area (Å²) in [6, 6.07) is 40.7. The van der Waals surface area contributed by atoms with Crippen molar-refractivity contribution in [2.75, 3.05) is 0 Å². The molecule has 0 aliphatic carbocycles. The Bertz CT molecular complexity index is 2670. The van der Waals surface area contributed by atoms with E-state index in [-0.39, 0.29) is 10.9 Å². The third kappa shape index (κ3) is 3.45. The largest absolute Gasteiger partial charge is 0.456 e. The van der Waals surface area contributed by atoms with Crippen LogP contribution in [0.3, 0.4) is 0 Å². The lowest BCUT2D eigenvalue weighted by atomic mass is 10.0. The number of hydrogen-bond acceptors (Lipinski definition) is 4. The Morgan fingerprint density at radius 2 is 0.837 bits per heavy atom. The van der Waals surface area contributed by atoms with Crippen LogP contribution < -0.4 is 10.9 Å². The monoisotopic (exact) mass is 555 g/mol. The topological polar surface area (TPSA) is 65.3 Å². The number of para-hydroxylation sites is 3. The number of nitrogens with zero attached hydrogens (tertiary/aromatic N) is 1. The Morgan fingerprint density at radius 3 is 1.44 bits per heavy atom. The van der Waals surface area contributed by atoms with Crippen LogP contribution in [0.25, 0.3) is 82.5 Å². The van der Waals surface area contributed by atoms with Crippen molar-refractivity contribution in [3.8, 4) is 16.8 Å². The molecule has 0 radical (unpaired) electrons. The molecule has 0 atom stereocenters. The molecule has 0 unspecified atom stereocenters. The van der Waals surface area contributed by atoms with Gasteiger partial charge in [0.15, 0.2) is 0 Å². The fourth-order valence-corrected chi connectivity index (χ4v) is 6.35. The summed E-state index contributed by atoms with van der Waals surface area (Å²) in [5.41, 5.74) is 6.60. The van der Waals surface area contributed by atoms with E-state index in [0.717, 1.165) is 38.6 Å². The first-order chi connectivity index (χ1) is 21.1. The number of fused-ring (bicyclic) bond motifs is 7. The fraction of sp³-hybridized carbons (Fsp3) is 0. The average molecular weight is 556 g/mol. The van der Waals surface area contributed by atoms with E-state index in [1.807, 2.05) is 91.0 Å². The van der Waals surface area contributed by atoms with Crippen molar-refractivity contribution in [1.82, 2.24) is 4.57 Å². The summed E-state index contributed by atoms with van der Waals surface area (Å²) in [6.45, 7) is 0. The van der Waals surface area contributed by atoms with E-state index >= 15 is 0 Å². The Kier molecular flexibility index (Phi) is 4.85. The highest BCUT2D eigenvalue weighted by molar-refractivity contribution is 6.09. The minimum absolute atomic E-state index is 0.0809. The quantitative estimate of drug-likeness (QED) is 0.200. The first-order valence-electron chi connectivity index (χ1n) is 14.1. The van der Waals surface area contributed by atoms with Gasteiger partial charge in [0.2, 0.25) is 10.9 Å². The molecule has 6 aromatic carbocycles. The van der Waals surface area contributed by atoms with E-state index in [2.05, 4.69) is 28.8 Å². The smallest absolute Gasteiger partial charge is 0.200 e. The van der Waals surface area contributed by atoms with Gasteiger partial charge in [-0.25, -0.2) is 0 Å². The Morgan fingerprint density at radius 1 is 0.395 bits per heavy atom. The average Bonchev–Trinajstić information content (AvgIpc) is 3.39. The van der Waals surface area contributed by atoms with E-state index < -0.39 is 0 Å². The van der Waals surface area contributed by atoms with Gasteiger partial charge in [0, 0.05) is 16.5 Å². The van der Waals surface area contributed by atoms with Crippen LogP contribution in [-0.4, -0.2) is 4.57 Å². The highest BCUT2D eigenvalue weighted by Crippen LogP contribution is 2.33. The van der Waals surface area contributed by atoms with Crippen LogP contribution in [0.15, 0.2) is 146 Å². The molecule has 3 aromatic heterocycles. The van der Waals surface area contributed by atoms with Crippen LogP contribution in [-0.2, 0) is 0 Å². The van der Waals surface area contributed by atoms with E-state index in [1.165, 1.54) is 0 Å². The molecule has 0 aliphatic heterocycles. The van der Waals surface area contributed by atoms with Crippen LogP contribution in [0, 0.1) is 0 Å². The highest BCUT2D eigenvalue weighted by atomic mass is 16.3. The lowest BCUT2D eigenvalue weighted by molar-refractivity contribution is 0.659. The second-order valence-corrected chi connectivity index (χ2v) is 10.8. The number of benzene rings is 6. The molecule has 3 heterocycles. The van der Waals surface area contributed by atoms with E-state index in [4.69, 9.17) is 8.83 Å². The molecule has 9 aromatic rings. The van der Waals surface area contributed by atoms with Gasteiger partial charge < -0.3 is 13.4 Å². The predicted molar refractivity (Wildman–Crippen MR) is 173 cm³/mol. The molecule has 202 valence electrons. The zero-order valence-electron chi connectivity index (χ0n) is 22.7.